The minimum atomic E-state index is -3.65. The average molecular weight is 360 g/mol. The molecule has 6 heteroatoms. The van der Waals surface area contributed by atoms with E-state index in [1.54, 1.807) is 18.2 Å². The normalized spacial score (nSPS) is 18.7. The number of sulfonamides is 1. The summed E-state index contributed by atoms with van der Waals surface area (Å²) >= 11 is 0. The van der Waals surface area contributed by atoms with Crippen molar-refractivity contribution in [2.24, 2.45) is 0 Å². The Morgan fingerprint density at radius 2 is 1.76 bits per heavy atom. The van der Waals surface area contributed by atoms with Gasteiger partial charge in [-0.25, -0.2) is 12.7 Å². The Bertz CT molecular complexity index is 806. The number of anilines is 2. The Hall–Kier alpha value is -2.05. The van der Waals surface area contributed by atoms with Crippen molar-refractivity contribution in [2.45, 2.75) is 38.2 Å². The molecule has 0 saturated carbocycles. The number of benzene rings is 2. The Balaban J connectivity index is 1.91. The molecule has 0 radical (unpaired) electrons. The molecule has 0 spiro atoms. The summed E-state index contributed by atoms with van der Waals surface area (Å²) < 4.78 is 33.6. The summed E-state index contributed by atoms with van der Waals surface area (Å²) in [4.78, 5) is 0. The lowest BCUT2D eigenvalue weighted by molar-refractivity contribution is 0.253. The Morgan fingerprint density at radius 1 is 1.08 bits per heavy atom. The van der Waals surface area contributed by atoms with Crippen molar-refractivity contribution in [1.82, 2.24) is 5.32 Å². The molecule has 0 aromatic heterocycles. The van der Waals surface area contributed by atoms with Crippen molar-refractivity contribution in [3.8, 4) is 5.75 Å². The van der Waals surface area contributed by atoms with Gasteiger partial charge in [-0.2, -0.15) is 0 Å². The lowest BCUT2D eigenvalue weighted by Crippen LogP contribution is -2.43. The van der Waals surface area contributed by atoms with Crippen LogP contribution in [0.2, 0.25) is 0 Å². The smallest absolute Gasteiger partial charge is 0.277 e. The maximum Gasteiger partial charge on any atom is 0.277 e. The van der Waals surface area contributed by atoms with Crippen LogP contribution < -0.4 is 14.4 Å². The number of rotatable bonds is 6. The van der Waals surface area contributed by atoms with E-state index in [0.29, 0.717) is 29.6 Å². The highest BCUT2D eigenvalue weighted by molar-refractivity contribution is 7.93. The van der Waals surface area contributed by atoms with Crippen molar-refractivity contribution < 1.29 is 13.2 Å². The van der Waals surface area contributed by atoms with Gasteiger partial charge in [0.25, 0.3) is 10.0 Å². The van der Waals surface area contributed by atoms with Crippen molar-refractivity contribution in [3.05, 3.63) is 54.6 Å². The summed E-state index contributed by atoms with van der Waals surface area (Å²) in [6.45, 7) is 4.91. The van der Waals surface area contributed by atoms with Gasteiger partial charge in [-0.1, -0.05) is 44.2 Å². The first kappa shape index (κ1) is 17.8. The number of nitrogens with one attached hydrogen (secondary N) is 1. The highest BCUT2D eigenvalue weighted by Gasteiger charge is 2.40. The van der Waals surface area contributed by atoms with Crippen LogP contribution in [-0.2, 0) is 10.0 Å². The summed E-state index contributed by atoms with van der Waals surface area (Å²) in [5.74, 6) is 0.600. The predicted octanol–water partition coefficient (Wildman–Crippen LogP) is 3.65. The standard InChI is InChI=1S/C19H24N2O3S/c1-15(2)20-14-8-13-19-24-18-12-7-6-11-17(18)21(25(19,22)23)16-9-4-3-5-10-16/h3-7,9-12,15,19-20H,8,13-14H2,1-2H3. The fourth-order valence-corrected chi connectivity index (χ4v) is 4.66. The van der Waals surface area contributed by atoms with E-state index in [0.717, 1.165) is 13.0 Å². The number of para-hydroxylation sites is 3. The first-order valence-electron chi connectivity index (χ1n) is 8.58. The maximum absolute atomic E-state index is 13.2. The zero-order valence-corrected chi connectivity index (χ0v) is 15.4. The molecule has 25 heavy (non-hydrogen) atoms. The first-order valence-corrected chi connectivity index (χ1v) is 10.1. The van der Waals surface area contributed by atoms with Gasteiger partial charge in [-0.3, -0.25) is 0 Å². The molecule has 134 valence electrons. The van der Waals surface area contributed by atoms with Gasteiger partial charge in [0.2, 0.25) is 5.44 Å². The molecule has 2 aromatic rings. The SMILES string of the molecule is CC(C)NCCCC1Oc2ccccc2N(c2ccccc2)S1(=O)=O. The Labute approximate surface area is 149 Å². The van der Waals surface area contributed by atoms with Crippen LogP contribution in [0, 0.1) is 0 Å². The first-order chi connectivity index (χ1) is 12.0. The van der Waals surface area contributed by atoms with Gasteiger partial charge in [0.1, 0.15) is 5.75 Å². The van der Waals surface area contributed by atoms with Crippen LogP contribution in [0.4, 0.5) is 11.4 Å². The summed E-state index contributed by atoms with van der Waals surface area (Å²) in [5, 5.41) is 3.31. The lowest BCUT2D eigenvalue weighted by Gasteiger charge is -2.35. The Morgan fingerprint density at radius 3 is 2.48 bits per heavy atom. The molecule has 0 bridgehead atoms. The number of hydrogen-bond acceptors (Lipinski definition) is 4. The minimum Gasteiger partial charge on any atom is -0.470 e. The fraction of sp³-hybridized carbons (Fsp3) is 0.368. The van der Waals surface area contributed by atoms with E-state index < -0.39 is 15.5 Å². The second-order valence-electron chi connectivity index (χ2n) is 6.41. The van der Waals surface area contributed by atoms with Crippen LogP contribution in [0.25, 0.3) is 0 Å². The van der Waals surface area contributed by atoms with Gasteiger partial charge in [0.15, 0.2) is 0 Å². The molecule has 0 fully saturated rings. The third kappa shape index (κ3) is 3.80. The highest BCUT2D eigenvalue weighted by atomic mass is 32.2. The third-order valence-corrected chi connectivity index (χ3v) is 6.00. The average Bonchev–Trinajstić information content (AvgIpc) is 2.59. The molecular formula is C19H24N2O3S. The summed E-state index contributed by atoms with van der Waals surface area (Å²) in [6, 6.07) is 16.8. The van der Waals surface area contributed by atoms with Crippen LogP contribution in [-0.4, -0.2) is 26.4 Å². The second kappa shape index (κ2) is 7.45. The van der Waals surface area contributed by atoms with Crippen LogP contribution in [0.3, 0.4) is 0 Å². The second-order valence-corrected chi connectivity index (χ2v) is 8.33. The summed E-state index contributed by atoms with van der Waals surface area (Å²) in [7, 11) is -3.65. The zero-order chi connectivity index (χ0) is 17.9. The molecule has 0 aliphatic carbocycles. The molecule has 1 heterocycles. The largest absolute Gasteiger partial charge is 0.470 e. The van der Waals surface area contributed by atoms with Crippen LogP contribution in [0.5, 0.6) is 5.75 Å². The van der Waals surface area contributed by atoms with Crippen molar-refractivity contribution >= 4 is 21.4 Å². The van der Waals surface area contributed by atoms with Crippen LogP contribution in [0.15, 0.2) is 54.6 Å². The van der Waals surface area contributed by atoms with Gasteiger partial charge in [-0.15, -0.1) is 0 Å². The molecule has 3 rings (SSSR count). The quantitative estimate of drug-likeness (QED) is 0.799. The number of ether oxygens (including phenoxy) is 1. The molecule has 2 aromatic carbocycles. The number of fused-ring (bicyclic) bond motifs is 1. The summed E-state index contributed by atoms with van der Waals surface area (Å²) in [6.07, 6.45) is 1.17. The van der Waals surface area contributed by atoms with E-state index in [1.165, 1.54) is 4.31 Å². The van der Waals surface area contributed by atoms with Crippen molar-refractivity contribution in [1.29, 1.82) is 0 Å². The van der Waals surface area contributed by atoms with Gasteiger partial charge in [-0.05, 0) is 37.2 Å². The van der Waals surface area contributed by atoms with E-state index in [4.69, 9.17) is 4.74 Å². The minimum absolute atomic E-state index is 0.380. The highest BCUT2D eigenvalue weighted by Crippen LogP contribution is 2.42. The lowest BCUT2D eigenvalue weighted by atomic mass is 10.2. The van der Waals surface area contributed by atoms with Gasteiger partial charge < -0.3 is 10.1 Å². The molecule has 1 aliphatic rings. The van der Waals surface area contributed by atoms with E-state index in [1.807, 2.05) is 36.4 Å². The van der Waals surface area contributed by atoms with E-state index in [-0.39, 0.29) is 0 Å². The number of nitrogens with zero attached hydrogens (tertiary/aromatic N) is 1. The van der Waals surface area contributed by atoms with Gasteiger partial charge in [0, 0.05) is 12.5 Å². The van der Waals surface area contributed by atoms with Gasteiger partial charge in [0.05, 0.1) is 11.4 Å². The molecule has 1 atom stereocenters. The molecule has 1 unspecified atom stereocenters. The molecule has 1 N–H and O–H groups in total. The monoisotopic (exact) mass is 360 g/mol. The van der Waals surface area contributed by atoms with E-state index in [9.17, 15) is 8.42 Å². The molecular weight excluding hydrogens is 336 g/mol. The number of hydrogen-bond donors (Lipinski definition) is 1. The van der Waals surface area contributed by atoms with Gasteiger partial charge >= 0.3 is 0 Å². The predicted molar refractivity (Wildman–Crippen MR) is 101 cm³/mol. The third-order valence-electron chi connectivity index (χ3n) is 4.09. The van der Waals surface area contributed by atoms with Crippen molar-refractivity contribution in [2.75, 3.05) is 10.8 Å². The fourth-order valence-electron chi connectivity index (χ4n) is 2.90. The zero-order valence-electron chi connectivity index (χ0n) is 14.6. The maximum atomic E-state index is 13.2. The van der Waals surface area contributed by atoms with E-state index >= 15 is 0 Å². The van der Waals surface area contributed by atoms with Crippen LogP contribution in [0.1, 0.15) is 26.7 Å². The molecule has 1 aliphatic heterocycles. The molecule has 5 nitrogen and oxygen atoms in total. The summed E-state index contributed by atoms with van der Waals surface area (Å²) in [5.41, 5.74) is 0.311. The van der Waals surface area contributed by atoms with E-state index in [2.05, 4.69) is 19.2 Å². The molecule has 0 amide bonds. The topological polar surface area (TPSA) is 58.6 Å². The van der Waals surface area contributed by atoms with Crippen molar-refractivity contribution in [3.63, 3.8) is 0 Å². The van der Waals surface area contributed by atoms with Crippen LogP contribution >= 0.6 is 0 Å². The Kier molecular flexibility index (Phi) is 5.30. The molecule has 0 saturated heterocycles.